The zero-order valence-corrected chi connectivity index (χ0v) is 11.0. The molecule has 0 aliphatic carbocycles. The van der Waals surface area contributed by atoms with Crippen molar-refractivity contribution in [3.63, 3.8) is 0 Å². The van der Waals surface area contributed by atoms with Gasteiger partial charge in [-0.25, -0.2) is 0 Å². The molecule has 0 bridgehead atoms. The molecular weight excluding hydrogens is 181 g/mol. The van der Waals surface area contributed by atoms with Crippen LogP contribution in [-0.2, 0) is 4.79 Å². The molecule has 12 heavy (non-hydrogen) atoms. The van der Waals surface area contributed by atoms with Crippen molar-refractivity contribution in [1.82, 2.24) is 0 Å². The molecule has 0 aliphatic heterocycles. The average molecular weight is 193 g/mol. The molecule has 62 valence electrons. The molecule has 1 atom stereocenters. The van der Waals surface area contributed by atoms with Gasteiger partial charge in [0.05, 0.1) is 12.0 Å². The van der Waals surface area contributed by atoms with Crippen LogP contribution in [0.4, 0.5) is 0 Å². The molecule has 0 aromatic carbocycles. The predicted octanol–water partition coefficient (Wildman–Crippen LogP) is -2.68. The SMILES string of the molecule is CC(C)CC(C#N)CC(=O)[O-].[K+]. The molecule has 4 heteroatoms. The summed E-state index contributed by atoms with van der Waals surface area (Å²) in [5, 5.41) is 18.6. The summed E-state index contributed by atoms with van der Waals surface area (Å²) in [5.74, 6) is -1.17. The fourth-order valence-corrected chi connectivity index (χ4v) is 0.952. The molecule has 3 nitrogen and oxygen atoms in total. The third-order valence-corrected chi connectivity index (χ3v) is 1.35. The molecule has 0 rings (SSSR count). The summed E-state index contributed by atoms with van der Waals surface area (Å²) in [6.07, 6.45) is 0.485. The van der Waals surface area contributed by atoms with Crippen LogP contribution in [0.15, 0.2) is 0 Å². The molecule has 0 saturated heterocycles. The van der Waals surface area contributed by atoms with Gasteiger partial charge in [0.2, 0.25) is 0 Å². The molecule has 0 saturated carbocycles. The number of carboxylic acid groups (broad SMARTS) is 1. The third kappa shape index (κ3) is 8.69. The van der Waals surface area contributed by atoms with Crippen LogP contribution in [0.3, 0.4) is 0 Å². The Labute approximate surface area is 116 Å². The van der Waals surface area contributed by atoms with E-state index in [1.54, 1.807) is 0 Å². The minimum absolute atomic E-state index is 0. The van der Waals surface area contributed by atoms with Gasteiger partial charge < -0.3 is 9.90 Å². The molecule has 0 radical (unpaired) electrons. The van der Waals surface area contributed by atoms with Crippen LogP contribution in [0.2, 0.25) is 0 Å². The van der Waals surface area contributed by atoms with Crippen LogP contribution in [0.1, 0.15) is 26.7 Å². The van der Waals surface area contributed by atoms with E-state index in [2.05, 4.69) is 0 Å². The molecular formula is C8H12KNO2. The van der Waals surface area contributed by atoms with Gasteiger partial charge in [-0.2, -0.15) is 5.26 Å². The Hall–Kier alpha value is 0.596. The molecule has 0 aliphatic rings. The Kier molecular flexibility index (Phi) is 10.3. The van der Waals surface area contributed by atoms with Gasteiger partial charge in [-0.15, -0.1) is 0 Å². The van der Waals surface area contributed by atoms with E-state index in [0.29, 0.717) is 12.3 Å². The summed E-state index contributed by atoms with van der Waals surface area (Å²) < 4.78 is 0. The minimum Gasteiger partial charge on any atom is -0.550 e. The number of nitrogens with zero attached hydrogens (tertiary/aromatic N) is 1. The van der Waals surface area contributed by atoms with E-state index in [-0.39, 0.29) is 63.7 Å². The van der Waals surface area contributed by atoms with Crippen molar-refractivity contribution in [2.75, 3.05) is 0 Å². The van der Waals surface area contributed by atoms with Crippen LogP contribution in [-0.4, -0.2) is 5.97 Å². The van der Waals surface area contributed by atoms with Crippen LogP contribution in [0.25, 0.3) is 0 Å². The Morgan fingerprint density at radius 1 is 1.58 bits per heavy atom. The molecule has 0 aromatic heterocycles. The monoisotopic (exact) mass is 193 g/mol. The van der Waals surface area contributed by atoms with Crippen LogP contribution in [0.5, 0.6) is 0 Å². The summed E-state index contributed by atoms with van der Waals surface area (Å²) >= 11 is 0. The Bertz CT molecular complexity index is 174. The average Bonchev–Trinajstić information content (AvgIpc) is 1.84. The largest absolute Gasteiger partial charge is 1.00 e. The van der Waals surface area contributed by atoms with E-state index < -0.39 is 5.97 Å². The van der Waals surface area contributed by atoms with Gasteiger partial charge in [0.15, 0.2) is 0 Å². The first kappa shape index (κ1) is 15.1. The number of carboxylic acids is 1. The maximum Gasteiger partial charge on any atom is 1.00 e. The first-order chi connectivity index (χ1) is 5.06. The first-order valence-electron chi connectivity index (χ1n) is 3.65. The van der Waals surface area contributed by atoms with Crippen molar-refractivity contribution < 1.29 is 61.3 Å². The standard InChI is InChI=1S/C8H13NO2.K/c1-6(2)3-7(5-9)4-8(10)11;/h6-7H,3-4H2,1-2H3,(H,10,11);/q;+1/p-1. The maximum atomic E-state index is 10.1. The smallest absolute Gasteiger partial charge is 0.550 e. The zero-order chi connectivity index (χ0) is 8.85. The van der Waals surface area contributed by atoms with Crippen molar-refractivity contribution in [2.24, 2.45) is 11.8 Å². The second-order valence-corrected chi connectivity index (χ2v) is 3.03. The summed E-state index contributed by atoms with van der Waals surface area (Å²) in [5.41, 5.74) is 0. The number of hydrogen-bond acceptors (Lipinski definition) is 3. The van der Waals surface area contributed by atoms with Gasteiger partial charge in [-0.1, -0.05) is 13.8 Å². The van der Waals surface area contributed by atoms with Gasteiger partial charge in [0, 0.05) is 12.4 Å². The molecule has 0 spiro atoms. The maximum absolute atomic E-state index is 10.1. The number of nitriles is 1. The predicted molar refractivity (Wildman–Crippen MR) is 38.2 cm³/mol. The van der Waals surface area contributed by atoms with Crippen molar-refractivity contribution >= 4 is 5.97 Å². The number of rotatable bonds is 4. The normalized spacial score (nSPS) is 11.5. The fourth-order valence-electron chi connectivity index (χ4n) is 0.952. The molecule has 1 unspecified atom stereocenters. The number of hydrogen-bond donors (Lipinski definition) is 0. The van der Waals surface area contributed by atoms with Crippen LogP contribution in [0, 0.1) is 23.2 Å². The quantitative estimate of drug-likeness (QED) is 0.457. The molecule has 0 N–H and O–H groups in total. The van der Waals surface area contributed by atoms with E-state index in [1.165, 1.54) is 0 Å². The van der Waals surface area contributed by atoms with Crippen molar-refractivity contribution in [3.05, 3.63) is 0 Å². The number of carbonyl (C=O) groups excluding carboxylic acids is 1. The van der Waals surface area contributed by atoms with E-state index in [1.807, 2.05) is 19.9 Å². The number of aliphatic carboxylic acids is 1. The Morgan fingerprint density at radius 2 is 2.08 bits per heavy atom. The van der Waals surface area contributed by atoms with Crippen LogP contribution >= 0.6 is 0 Å². The minimum atomic E-state index is -1.14. The summed E-state index contributed by atoms with van der Waals surface area (Å²) in [4.78, 5) is 10.1. The van der Waals surface area contributed by atoms with E-state index in [0.717, 1.165) is 0 Å². The van der Waals surface area contributed by atoms with Gasteiger partial charge in [0.1, 0.15) is 0 Å². The topological polar surface area (TPSA) is 63.9 Å². The van der Waals surface area contributed by atoms with Gasteiger partial charge in [-0.3, -0.25) is 0 Å². The van der Waals surface area contributed by atoms with E-state index in [4.69, 9.17) is 5.26 Å². The molecule has 0 heterocycles. The molecule has 0 fully saturated rings. The van der Waals surface area contributed by atoms with Gasteiger partial charge >= 0.3 is 51.4 Å². The van der Waals surface area contributed by atoms with Crippen molar-refractivity contribution in [2.45, 2.75) is 26.7 Å². The van der Waals surface area contributed by atoms with Gasteiger partial charge in [0.25, 0.3) is 0 Å². The molecule has 0 amide bonds. The van der Waals surface area contributed by atoms with E-state index >= 15 is 0 Å². The van der Waals surface area contributed by atoms with Crippen LogP contribution < -0.4 is 56.5 Å². The Balaban J connectivity index is 0. The second kappa shape index (κ2) is 8.21. The van der Waals surface area contributed by atoms with Gasteiger partial charge in [-0.05, 0) is 12.3 Å². The fraction of sp³-hybridized carbons (Fsp3) is 0.750. The summed E-state index contributed by atoms with van der Waals surface area (Å²) in [6, 6.07) is 1.94. The first-order valence-corrected chi connectivity index (χ1v) is 3.65. The second-order valence-electron chi connectivity index (χ2n) is 3.03. The number of carbonyl (C=O) groups is 1. The zero-order valence-electron chi connectivity index (χ0n) is 7.83. The van der Waals surface area contributed by atoms with E-state index in [9.17, 15) is 9.90 Å². The Morgan fingerprint density at radius 3 is 2.33 bits per heavy atom. The summed E-state index contributed by atoms with van der Waals surface area (Å²) in [6.45, 7) is 3.92. The van der Waals surface area contributed by atoms with Crippen molar-refractivity contribution in [1.29, 1.82) is 5.26 Å². The third-order valence-electron chi connectivity index (χ3n) is 1.35. The van der Waals surface area contributed by atoms with Crippen molar-refractivity contribution in [3.8, 4) is 6.07 Å². The summed E-state index contributed by atoms with van der Waals surface area (Å²) in [7, 11) is 0. The molecule has 0 aromatic rings.